The van der Waals surface area contributed by atoms with Gasteiger partial charge >= 0.3 is 5.97 Å². The van der Waals surface area contributed by atoms with Crippen molar-refractivity contribution in [3.8, 4) is 0 Å². The Morgan fingerprint density at radius 1 is 0.911 bits per heavy atom. The van der Waals surface area contributed by atoms with Crippen LogP contribution in [0.3, 0.4) is 0 Å². The number of aliphatic carboxylic acids is 1. The van der Waals surface area contributed by atoms with E-state index < -0.39 is 84.3 Å². The SMILES string of the molecule is NC(=O)C[C@H](NC(=O)[C@H](Cc1ccc2ccccc2c1)NC(=O)[C@@H]1CCCCN1C(=O)[C@H](CCC(=O)O)NC(=O)CCl)C(N)=O. The normalized spacial score (nSPS) is 16.6. The minimum atomic E-state index is -1.42. The van der Waals surface area contributed by atoms with Crippen molar-refractivity contribution in [3.63, 3.8) is 0 Å². The first-order valence-corrected chi connectivity index (χ1v) is 15.0. The van der Waals surface area contributed by atoms with Gasteiger partial charge in [-0.25, -0.2) is 0 Å². The summed E-state index contributed by atoms with van der Waals surface area (Å²) in [7, 11) is 0. The van der Waals surface area contributed by atoms with Crippen molar-refractivity contribution in [1.29, 1.82) is 0 Å². The Balaban J connectivity index is 1.88. The van der Waals surface area contributed by atoms with Crippen LogP contribution in [0.1, 0.15) is 44.1 Å². The van der Waals surface area contributed by atoms with E-state index in [9.17, 15) is 33.6 Å². The minimum absolute atomic E-state index is 0.0157. The fraction of sp³-hybridized carbons (Fsp3) is 0.433. The number of benzene rings is 2. The second kappa shape index (κ2) is 16.4. The number of nitrogens with zero attached hydrogens (tertiary/aromatic N) is 1. The number of carbonyl (C=O) groups is 7. The largest absolute Gasteiger partial charge is 0.481 e. The summed E-state index contributed by atoms with van der Waals surface area (Å²) in [5.41, 5.74) is 11.3. The van der Waals surface area contributed by atoms with Gasteiger partial charge in [0.05, 0.1) is 6.42 Å². The number of nitrogens with two attached hydrogens (primary N) is 2. The van der Waals surface area contributed by atoms with E-state index in [0.29, 0.717) is 18.4 Å². The molecule has 4 atom stereocenters. The molecule has 6 amide bonds. The van der Waals surface area contributed by atoms with Crippen LogP contribution in [0.5, 0.6) is 0 Å². The number of nitrogens with one attached hydrogen (secondary N) is 3. The number of carbonyl (C=O) groups excluding carboxylic acids is 6. The lowest BCUT2D eigenvalue weighted by Crippen LogP contribution is -2.60. The number of primary amides is 2. The van der Waals surface area contributed by atoms with E-state index in [1.807, 2.05) is 36.4 Å². The average molecular weight is 645 g/mol. The lowest BCUT2D eigenvalue weighted by molar-refractivity contribution is -0.146. The Morgan fingerprint density at radius 3 is 2.27 bits per heavy atom. The third-order valence-electron chi connectivity index (χ3n) is 7.44. The van der Waals surface area contributed by atoms with E-state index in [4.69, 9.17) is 28.2 Å². The molecule has 2 aromatic carbocycles. The predicted octanol–water partition coefficient (Wildman–Crippen LogP) is -0.318. The van der Waals surface area contributed by atoms with Gasteiger partial charge in [0.2, 0.25) is 35.4 Å². The molecule has 1 aliphatic rings. The maximum absolute atomic E-state index is 13.7. The summed E-state index contributed by atoms with van der Waals surface area (Å²) in [6.45, 7) is 0.154. The number of hydrogen-bond donors (Lipinski definition) is 6. The molecule has 14 nitrogen and oxygen atoms in total. The van der Waals surface area contributed by atoms with Crippen molar-refractivity contribution in [2.75, 3.05) is 12.4 Å². The number of halogens is 1. The highest BCUT2D eigenvalue weighted by molar-refractivity contribution is 6.27. The van der Waals surface area contributed by atoms with Crippen molar-refractivity contribution in [2.24, 2.45) is 11.5 Å². The molecular formula is C30H37ClN6O8. The van der Waals surface area contributed by atoms with Gasteiger partial charge in [0.15, 0.2) is 0 Å². The van der Waals surface area contributed by atoms with E-state index in [1.54, 1.807) is 6.07 Å². The Bertz CT molecular complexity index is 1450. The minimum Gasteiger partial charge on any atom is -0.481 e. The van der Waals surface area contributed by atoms with Gasteiger partial charge in [0.1, 0.15) is 30.0 Å². The number of amides is 6. The third-order valence-corrected chi connectivity index (χ3v) is 7.68. The van der Waals surface area contributed by atoms with Crippen LogP contribution in [-0.4, -0.2) is 88.0 Å². The fourth-order valence-electron chi connectivity index (χ4n) is 5.20. The molecule has 1 heterocycles. The van der Waals surface area contributed by atoms with Crippen LogP contribution in [0.25, 0.3) is 10.8 Å². The van der Waals surface area contributed by atoms with Gasteiger partial charge < -0.3 is 37.4 Å². The second-order valence-electron chi connectivity index (χ2n) is 10.8. The van der Waals surface area contributed by atoms with Crippen molar-refractivity contribution in [3.05, 3.63) is 48.0 Å². The lowest BCUT2D eigenvalue weighted by atomic mass is 9.97. The van der Waals surface area contributed by atoms with Gasteiger partial charge in [-0.3, -0.25) is 33.6 Å². The van der Waals surface area contributed by atoms with E-state index in [-0.39, 0.29) is 25.8 Å². The molecule has 1 aliphatic heterocycles. The number of fused-ring (bicyclic) bond motifs is 1. The molecule has 1 fully saturated rings. The molecule has 8 N–H and O–H groups in total. The van der Waals surface area contributed by atoms with Gasteiger partial charge in [-0.1, -0.05) is 42.5 Å². The Morgan fingerprint density at radius 2 is 1.62 bits per heavy atom. The van der Waals surface area contributed by atoms with Crippen LogP contribution < -0.4 is 27.4 Å². The summed E-state index contributed by atoms with van der Waals surface area (Å²) < 4.78 is 0. The van der Waals surface area contributed by atoms with Crippen molar-refractivity contribution < 1.29 is 38.7 Å². The van der Waals surface area contributed by atoms with Crippen LogP contribution in [0.15, 0.2) is 42.5 Å². The zero-order valence-electron chi connectivity index (χ0n) is 24.5. The first-order valence-electron chi connectivity index (χ1n) is 14.4. The number of rotatable bonds is 15. The summed E-state index contributed by atoms with van der Waals surface area (Å²) in [6.07, 6.45) is 0.181. The molecular weight excluding hydrogens is 608 g/mol. The van der Waals surface area contributed by atoms with E-state index in [2.05, 4.69) is 16.0 Å². The molecule has 0 unspecified atom stereocenters. The van der Waals surface area contributed by atoms with Crippen molar-refractivity contribution in [2.45, 2.75) is 69.1 Å². The number of likely N-dealkylation sites (tertiary alicyclic amines) is 1. The van der Waals surface area contributed by atoms with E-state index in [1.165, 1.54) is 4.90 Å². The number of carboxylic acids is 1. The molecule has 0 spiro atoms. The molecule has 45 heavy (non-hydrogen) atoms. The quantitative estimate of drug-likeness (QED) is 0.140. The zero-order chi connectivity index (χ0) is 33.1. The maximum Gasteiger partial charge on any atom is 0.303 e. The molecule has 0 bridgehead atoms. The molecule has 15 heteroatoms. The molecule has 0 aliphatic carbocycles. The van der Waals surface area contributed by atoms with Crippen LogP contribution in [0, 0.1) is 0 Å². The van der Waals surface area contributed by atoms with Gasteiger partial charge in [0.25, 0.3) is 0 Å². The Kier molecular flexibility index (Phi) is 12.7. The standard InChI is InChI=1S/C30H37ClN6O8/c31-16-25(39)34-20(10-11-26(40)41)30(45)37-12-4-3-7-23(37)29(44)36-22(28(43)35-21(27(33)42)15-24(32)38)14-17-8-9-18-5-1-2-6-19(18)13-17/h1-2,5-6,8-9,13,20-23H,3-4,7,10-12,14-16H2,(H2,32,38)(H2,33,42)(H,34,39)(H,35,43)(H,36,44)(H,40,41)/t20-,21-,22-,23-/m0/s1. The van der Waals surface area contributed by atoms with E-state index in [0.717, 1.165) is 10.8 Å². The second-order valence-corrected chi connectivity index (χ2v) is 11.1. The molecule has 0 saturated carbocycles. The fourth-order valence-corrected chi connectivity index (χ4v) is 5.28. The summed E-state index contributed by atoms with van der Waals surface area (Å²) in [5, 5.41) is 18.5. The van der Waals surface area contributed by atoms with Crippen LogP contribution in [0.4, 0.5) is 0 Å². The summed E-state index contributed by atoms with van der Waals surface area (Å²) in [4.78, 5) is 88.6. The predicted molar refractivity (Wildman–Crippen MR) is 163 cm³/mol. The molecule has 0 aromatic heterocycles. The number of hydrogen-bond acceptors (Lipinski definition) is 7. The molecule has 3 rings (SSSR count). The molecule has 0 radical (unpaired) electrons. The summed E-state index contributed by atoms with van der Waals surface area (Å²) in [6, 6.07) is 8.07. The van der Waals surface area contributed by atoms with Crippen LogP contribution in [-0.2, 0) is 40.0 Å². The van der Waals surface area contributed by atoms with Gasteiger partial charge in [-0.15, -0.1) is 11.6 Å². The highest BCUT2D eigenvalue weighted by Gasteiger charge is 2.38. The maximum atomic E-state index is 13.7. The lowest BCUT2D eigenvalue weighted by Gasteiger charge is -2.37. The van der Waals surface area contributed by atoms with E-state index >= 15 is 0 Å². The van der Waals surface area contributed by atoms with Crippen LogP contribution in [0.2, 0.25) is 0 Å². The summed E-state index contributed by atoms with van der Waals surface area (Å²) >= 11 is 5.59. The van der Waals surface area contributed by atoms with Crippen molar-refractivity contribution >= 4 is 63.8 Å². The number of carboxylic acid groups (broad SMARTS) is 1. The first-order chi connectivity index (χ1) is 21.4. The Hall–Kier alpha value is -4.72. The van der Waals surface area contributed by atoms with Crippen LogP contribution >= 0.6 is 11.6 Å². The monoisotopic (exact) mass is 644 g/mol. The third kappa shape index (κ3) is 10.2. The number of alkyl halides is 1. The molecule has 242 valence electrons. The van der Waals surface area contributed by atoms with Gasteiger partial charge in [0, 0.05) is 19.4 Å². The smallest absolute Gasteiger partial charge is 0.303 e. The summed E-state index contributed by atoms with van der Waals surface area (Å²) in [5.74, 6) is -6.29. The highest BCUT2D eigenvalue weighted by atomic mass is 35.5. The topological polar surface area (TPSA) is 231 Å². The zero-order valence-corrected chi connectivity index (χ0v) is 25.3. The average Bonchev–Trinajstić information content (AvgIpc) is 3.01. The van der Waals surface area contributed by atoms with Gasteiger partial charge in [-0.05, 0) is 42.0 Å². The Labute approximate surface area is 264 Å². The molecule has 2 aromatic rings. The number of piperidine rings is 1. The van der Waals surface area contributed by atoms with Gasteiger partial charge in [-0.2, -0.15) is 0 Å². The van der Waals surface area contributed by atoms with Crippen molar-refractivity contribution in [1.82, 2.24) is 20.9 Å². The molecule has 1 saturated heterocycles. The highest BCUT2D eigenvalue weighted by Crippen LogP contribution is 2.21. The first kappa shape index (κ1) is 34.8.